The normalized spacial score (nSPS) is 11.9. The van der Waals surface area contributed by atoms with Crippen LogP contribution >= 0.6 is 11.8 Å². The van der Waals surface area contributed by atoms with Crippen molar-refractivity contribution in [2.45, 2.75) is 29.7 Å². The quantitative estimate of drug-likeness (QED) is 0.441. The molecule has 0 aliphatic rings. The molecule has 1 heterocycles. The van der Waals surface area contributed by atoms with Gasteiger partial charge in [-0.25, -0.2) is 22.7 Å². The average molecular weight is 445 g/mol. The molecule has 0 spiro atoms. The van der Waals surface area contributed by atoms with Crippen LogP contribution in [0.15, 0.2) is 58.5 Å². The van der Waals surface area contributed by atoms with E-state index in [9.17, 15) is 13.2 Å². The third-order valence-corrected chi connectivity index (χ3v) is 7.18. The SMILES string of the molecule is CC(C)c1nc(SCC(=O)Nc2ccc(S(=O)(=O)N(C)C)cc2)c2ccccc2n1. The van der Waals surface area contributed by atoms with Crippen molar-refractivity contribution in [2.75, 3.05) is 25.2 Å². The van der Waals surface area contributed by atoms with Gasteiger partial charge in [-0.15, -0.1) is 0 Å². The fourth-order valence-corrected chi connectivity index (χ4v) is 4.41. The van der Waals surface area contributed by atoms with E-state index in [0.717, 1.165) is 26.1 Å². The Hall–Kier alpha value is -2.49. The molecule has 1 aromatic heterocycles. The van der Waals surface area contributed by atoms with Crippen molar-refractivity contribution < 1.29 is 13.2 Å². The van der Waals surface area contributed by atoms with Crippen molar-refractivity contribution in [2.24, 2.45) is 0 Å². The fraction of sp³-hybridized carbons (Fsp3) is 0.286. The van der Waals surface area contributed by atoms with Crippen molar-refractivity contribution in [1.82, 2.24) is 14.3 Å². The average Bonchev–Trinajstić information content (AvgIpc) is 2.72. The molecule has 0 radical (unpaired) electrons. The Kier molecular flexibility index (Phi) is 6.74. The van der Waals surface area contributed by atoms with E-state index < -0.39 is 10.0 Å². The number of thioether (sulfide) groups is 1. The summed E-state index contributed by atoms with van der Waals surface area (Å²) in [7, 11) is -0.546. The fourth-order valence-electron chi connectivity index (χ4n) is 2.68. The maximum absolute atomic E-state index is 12.4. The van der Waals surface area contributed by atoms with E-state index in [0.29, 0.717) is 5.69 Å². The zero-order chi connectivity index (χ0) is 21.9. The number of hydrogen-bond donors (Lipinski definition) is 1. The van der Waals surface area contributed by atoms with Gasteiger partial charge in [-0.2, -0.15) is 0 Å². The topological polar surface area (TPSA) is 92.3 Å². The number of rotatable bonds is 7. The van der Waals surface area contributed by atoms with E-state index in [1.807, 2.05) is 38.1 Å². The number of nitrogens with zero attached hydrogens (tertiary/aromatic N) is 3. The van der Waals surface area contributed by atoms with Gasteiger partial charge in [0.05, 0.1) is 16.2 Å². The zero-order valence-electron chi connectivity index (χ0n) is 17.3. The standard InChI is InChI=1S/C21H24N4O3S2/c1-14(2)20-23-18-8-6-5-7-17(18)21(24-20)29-13-19(26)22-15-9-11-16(12-10-15)30(27,28)25(3)4/h5-12,14H,13H2,1-4H3,(H,22,26). The highest BCUT2D eigenvalue weighted by molar-refractivity contribution is 8.00. The highest BCUT2D eigenvalue weighted by Gasteiger charge is 2.17. The van der Waals surface area contributed by atoms with Crippen molar-refractivity contribution in [3.63, 3.8) is 0 Å². The lowest BCUT2D eigenvalue weighted by Crippen LogP contribution is -2.22. The Balaban J connectivity index is 1.71. The highest BCUT2D eigenvalue weighted by Crippen LogP contribution is 2.27. The summed E-state index contributed by atoms with van der Waals surface area (Å²) in [5.41, 5.74) is 1.39. The first-order chi connectivity index (χ1) is 14.2. The first kappa shape index (κ1) is 22.2. The van der Waals surface area contributed by atoms with Gasteiger partial charge in [0.15, 0.2) is 0 Å². The van der Waals surface area contributed by atoms with E-state index in [4.69, 9.17) is 0 Å². The number of para-hydroxylation sites is 1. The molecule has 0 unspecified atom stereocenters. The minimum absolute atomic E-state index is 0.175. The summed E-state index contributed by atoms with van der Waals surface area (Å²) in [6.45, 7) is 4.07. The minimum Gasteiger partial charge on any atom is -0.325 e. The molecule has 0 saturated heterocycles. The summed E-state index contributed by atoms with van der Waals surface area (Å²) in [5.74, 6) is 0.905. The number of nitrogens with one attached hydrogen (secondary N) is 1. The van der Waals surface area contributed by atoms with Gasteiger partial charge in [-0.05, 0) is 30.3 Å². The van der Waals surface area contributed by atoms with Gasteiger partial charge >= 0.3 is 0 Å². The predicted octanol–water partition coefficient (Wildman–Crippen LogP) is 3.73. The van der Waals surface area contributed by atoms with Crippen LogP contribution in [0.2, 0.25) is 0 Å². The Labute approximate surface area is 181 Å². The summed E-state index contributed by atoms with van der Waals surface area (Å²) >= 11 is 1.35. The number of carbonyl (C=O) groups is 1. The molecule has 0 atom stereocenters. The molecule has 3 rings (SSSR count). The Morgan fingerprint density at radius 2 is 1.73 bits per heavy atom. The summed E-state index contributed by atoms with van der Waals surface area (Å²) < 4.78 is 25.4. The van der Waals surface area contributed by atoms with Crippen LogP contribution in [0.5, 0.6) is 0 Å². The van der Waals surface area contributed by atoms with Crippen LogP contribution in [0, 0.1) is 0 Å². The molecule has 0 fully saturated rings. The molecule has 0 bridgehead atoms. The maximum Gasteiger partial charge on any atom is 0.242 e. The van der Waals surface area contributed by atoms with Gasteiger partial charge in [0, 0.05) is 31.1 Å². The third-order valence-electron chi connectivity index (χ3n) is 4.36. The van der Waals surface area contributed by atoms with Crippen molar-refractivity contribution >= 4 is 44.3 Å². The molecule has 7 nitrogen and oxygen atoms in total. The predicted molar refractivity (Wildman–Crippen MR) is 120 cm³/mol. The molecule has 9 heteroatoms. The monoisotopic (exact) mass is 444 g/mol. The highest BCUT2D eigenvalue weighted by atomic mass is 32.2. The Bertz CT molecular complexity index is 1160. The summed E-state index contributed by atoms with van der Waals surface area (Å²) in [4.78, 5) is 21.8. The molecular formula is C21H24N4O3S2. The van der Waals surface area contributed by atoms with Gasteiger partial charge in [0.1, 0.15) is 10.9 Å². The Morgan fingerprint density at radius 1 is 1.07 bits per heavy atom. The van der Waals surface area contributed by atoms with Crippen molar-refractivity contribution in [3.8, 4) is 0 Å². The van der Waals surface area contributed by atoms with Crippen LogP contribution in [0.25, 0.3) is 10.9 Å². The molecule has 2 aromatic carbocycles. The van der Waals surface area contributed by atoms with Crippen LogP contribution in [-0.4, -0.2) is 48.4 Å². The van der Waals surface area contributed by atoms with Gasteiger partial charge < -0.3 is 5.32 Å². The molecule has 0 aliphatic carbocycles. The van der Waals surface area contributed by atoms with Crippen LogP contribution in [0.1, 0.15) is 25.6 Å². The number of sulfonamides is 1. The maximum atomic E-state index is 12.4. The molecule has 0 aliphatic heterocycles. The number of carbonyl (C=O) groups excluding carboxylic acids is 1. The third kappa shape index (κ3) is 4.97. The van der Waals surface area contributed by atoms with Crippen molar-refractivity contribution in [1.29, 1.82) is 0 Å². The molecule has 3 aromatic rings. The number of fused-ring (bicyclic) bond motifs is 1. The van der Waals surface area contributed by atoms with Crippen LogP contribution in [0.4, 0.5) is 5.69 Å². The van der Waals surface area contributed by atoms with Crippen LogP contribution < -0.4 is 5.32 Å². The lowest BCUT2D eigenvalue weighted by Gasteiger charge is -2.12. The summed E-state index contributed by atoms with van der Waals surface area (Å²) in [6, 6.07) is 13.9. The molecule has 158 valence electrons. The second-order valence-corrected chi connectivity index (χ2v) is 10.3. The number of hydrogen-bond acceptors (Lipinski definition) is 6. The van der Waals surface area contributed by atoms with Gasteiger partial charge in [0.25, 0.3) is 0 Å². The lowest BCUT2D eigenvalue weighted by molar-refractivity contribution is -0.113. The van der Waals surface area contributed by atoms with Crippen molar-refractivity contribution in [3.05, 3.63) is 54.4 Å². The summed E-state index contributed by atoms with van der Waals surface area (Å²) in [6.07, 6.45) is 0. The van der Waals surface area contributed by atoms with Gasteiger partial charge in [-0.3, -0.25) is 4.79 Å². The molecular weight excluding hydrogens is 420 g/mol. The lowest BCUT2D eigenvalue weighted by atomic mass is 10.2. The van der Waals surface area contributed by atoms with Gasteiger partial charge in [-0.1, -0.05) is 43.8 Å². The van der Waals surface area contributed by atoms with E-state index in [1.54, 1.807) is 12.1 Å². The number of aromatic nitrogens is 2. The minimum atomic E-state index is -3.50. The first-order valence-corrected chi connectivity index (χ1v) is 11.8. The molecule has 0 saturated carbocycles. The van der Waals surface area contributed by atoms with Gasteiger partial charge in [0.2, 0.25) is 15.9 Å². The Morgan fingerprint density at radius 3 is 2.37 bits per heavy atom. The molecule has 1 amide bonds. The molecule has 1 N–H and O–H groups in total. The largest absolute Gasteiger partial charge is 0.325 e. The smallest absolute Gasteiger partial charge is 0.242 e. The van der Waals surface area contributed by atoms with E-state index in [-0.39, 0.29) is 22.5 Å². The van der Waals surface area contributed by atoms with E-state index >= 15 is 0 Å². The number of anilines is 1. The number of benzene rings is 2. The van der Waals surface area contributed by atoms with Crippen LogP contribution in [0.3, 0.4) is 0 Å². The second kappa shape index (κ2) is 9.11. The van der Waals surface area contributed by atoms with E-state index in [2.05, 4.69) is 15.3 Å². The zero-order valence-corrected chi connectivity index (χ0v) is 18.9. The first-order valence-electron chi connectivity index (χ1n) is 9.40. The van der Waals surface area contributed by atoms with E-state index in [1.165, 1.54) is 38.0 Å². The second-order valence-electron chi connectivity index (χ2n) is 7.21. The van der Waals surface area contributed by atoms with Crippen LogP contribution in [-0.2, 0) is 14.8 Å². The number of amides is 1. The summed E-state index contributed by atoms with van der Waals surface area (Å²) in [5, 5.41) is 4.48. The molecule has 30 heavy (non-hydrogen) atoms.